The van der Waals surface area contributed by atoms with E-state index in [0.29, 0.717) is 11.5 Å². The Morgan fingerprint density at radius 3 is 2.92 bits per heavy atom. The van der Waals surface area contributed by atoms with E-state index in [1.807, 2.05) is 55.4 Å². The summed E-state index contributed by atoms with van der Waals surface area (Å²) < 4.78 is 2.07. The second-order valence-electron chi connectivity index (χ2n) is 6.50. The molecule has 5 heteroatoms. The van der Waals surface area contributed by atoms with Crippen molar-refractivity contribution in [1.82, 2.24) is 19.4 Å². The predicted molar refractivity (Wildman–Crippen MR) is 92.9 cm³/mol. The Morgan fingerprint density at radius 1 is 1.29 bits per heavy atom. The van der Waals surface area contributed by atoms with Crippen molar-refractivity contribution in [3.05, 3.63) is 59.8 Å². The van der Waals surface area contributed by atoms with Crippen molar-refractivity contribution in [2.75, 3.05) is 13.1 Å². The lowest BCUT2D eigenvalue weighted by Gasteiger charge is -2.16. The molecular formula is C19H20N4O. The Labute approximate surface area is 140 Å². The van der Waals surface area contributed by atoms with Crippen molar-refractivity contribution >= 4 is 16.8 Å². The van der Waals surface area contributed by atoms with Crippen LogP contribution in [0.4, 0.5) is 0 Å². The van der Waals surface area contributed by atoms with Crippen molar-refractivity contribution < 1.29 is 4.79 Å². The number of amides is 1. The molecule has 1 aliphatic rings. The molecule has 3 aromatic rings. The van der Waals surface area contributed by atoms with Crippen LogP contribution in [-0.2, 0) is 7.05 Å². The molecule has 1 atom stereocenters. The number of imidazole rings is 1. The lowest BCUT2D eigenvalue weighted by Crippen LogP contribution is -2.28. The molecule has 0 N–H and O–H groups in total. The zero-order valence-corrected chi connectivity index (χ0v) is 13.9. The predicted octanol–water partition coefficient (Wildman–Crippen LogP) is 2.91. The van der Waals surface area contributed by atoms with Gasteiger partial charge >= 0.3 is 0 Å². The molecule has 3 heterocycles. The van der Waals surface area contributed by atoms with Crippen LogP contribution in [-0.4, -0.2) is 38.4 Å². The summed E-state index contributed by atoms with van der Waals surface area (Å²) in [6, 6.07) is 9.80. The number of aromatic nitrogens is 3. The standard InChI is InChI=1S/C19H20N4O/c1-13-11-22(2)18(21-13)15-7-8-23(12-15)19(24)16-9-14-5-3-4-6-17(14)20-10-16/h3-6,9-11,15H,7-8,12H2,1-2H3/t15-/m1/s1. The van der Waals surface area contributed by atoms with E-state index in [2.05, 4.69) is 14.5 Å². The molecule has 0 saturated carbocycles. The van der Waals surface area contributed by atoms with E-state index in [1.54, 1.807) is 6.20 Å². The Bertz CT molecular complexity index is 915. The quantitative estimate of drug-likeness (QED) is 0.729. The molecule has 5 nitrogen and oxygen atoms in total. The van der Waals surface area contributed by atoms with Gasteiger partial charge in [-0.25, -0.2) is 4.98 Å². The van der Waals surface area contributed by atoms with Gasteiger partial charge in [-0.3, -0.25) is 9.78 Å². The summed E-state index contributed by atoms with van der Waals surface area (Å²) in [5.74, 6) is 1.43. The largest absolute Gasteiger partial charge is 0.338 e. The minimum atomic E-state index is 0.0571. The number of hydrogen-bond acceptors (Lipinski definition) is 3. The van der Waals surface area contributed by atoms with Gasteiger partial charge in [0, 0.05) is 43.8 Å². The molecule has 1 saturated heterocycles. The number of fused-ring (bicyclic) bond motifs is 1. The number of nitrogens with zero attached hydrogens (tertiary/aromatic N) is 4. The lowest BCUT2D eigenvalue weighted by molar-refractivity contribution is 0.0790. The Morgan fingerprint density at radius 2 is 2.12 bits per heavy atom. The van der Waals surface area contributed by atoms with Gasteiger partial charge in [0.1, 0.15) is 5.82 Å². The van der Waals surface area contributed by atoms with E-state index in [-0.39, 0.29) is 5.91 Å². The number of rotatable bonds is 2. The van der Waals surface area contributed by atoms with Crippen molar-refractivity contribution in [3.63, 3.8) is 0 Å². The number of hydrogen-bond donors (Lipinski definition) is 0. The minimum absolute atomic E-state index is 0.0571. The maximum absolute atomic E-state index is 12.8. The van der Waals surface area contributed by atoms with E-state index < -0.39 is 0 Å². The highest BCUT2D eigenvalue weighted by Crippen LogP contribution is 2.27. The van der Waals surface area contributed by atoms with Gasteiger partial charge in [-0.15, -0.1) is 0 Å². The van der Waals surface area contributed by atoms with Crippen LogP contribution in [0.3, 0.4) is 0 Å². The first kappa shape index (κ1) is 14.9. The number of pyridine rings is 1. The first-order valence-corrected chi connectivity index (χ1v) is 8.26. The molecule has 0 bridgehead atoms. The molecule has 0 radical (unpaired) electrons. The molecule has 1 aliphatic heterocycles. The maximum atomic E-state index is 12.8. The SMILES string of the molecule is Cc1cn(C)c([C@@H]2CCN(C(=O)c3cnc4ccccc4c3)C2)n1. The highest BCUT2D eigenvalue weighted by Gasteiger charge is 2.30. The molecular weight excluding hydrogens is 300 g/mol. The van der Waals surface area contributed by atoms with Crippen molar-refractivity contribution in [2.24, 2.45) is 7.05 Å². The van der Waals surface area contributed by atoms with E-state index in [4.69, 9.17) is 0 Å². The fraction of sp³-hybridized carbons (Fsp3) is 0.316. The average molecular weight is 320 g/mol. The van der Waals surface area contributed by atoms with Gasteiger partial charge in [0.25, 0.3) is 5.91 Å². The molecule has 1 amide bonds. The zero-order valence-electron chi connectivity index (χ0n) is 13.9. The summed E-state index contributed by atoms with van der Waals surface area (Å²) in [4.78, 5) is 23.8. The molecule has 1 fully saturated rings. The van der Waals surface area contributed by atoms with Gasteiger partial charge < -0.3 is 9.47 Å². The van der Waals surface area contributed by atoms with E-state index >= 15 is 0 Å². The average Bonchev–Trinajstić information content (AvgIpc) is 3.20. The van der Waals surface area contributed by atoms with Crippen LogP contribution in [0, 0.1) is 6.92 Å². The summed E-state index contributed by atoms with van der Waals surface area (Å²) in [6.45, 7) is 3.49. The van der Waals surface area contributed by atoms with E-state index in [0.717, 1.165) is 41.9 Å². The van der Waals surface area contributed by atoms with Crippen LogP contribution in [0.5, 0.6) is 0 Å². The maximum Gasteiger partial charge on any atom is 0.255 e. The fourth-order valence-electron chi connectivity index (χ4n) is 3.54. The molecule has 2 aromatic heterocycles. The van der Waals surface area contributed by atoms with Crippen LogP contribution in [0.2, 0.25) is 0 Å². The number of carbonyl (C=O) groups is 1. The summed E-state index contributed by atoms with van der Waals surface area (Å²) in [7, 11) is 2.02. The summed E-state index contributed by atoms with van der Waals surface area (Å²) >= 11 is 0. The topological polar surface area (TPSA) is 51.0 Å². The molecule has 0 unspecified atom stereocenters. The van der Waals surface area contributed by atoms with Crippen LogP contribution in [0.25, 0.3) is 10.9 Å². The van der Waals surface area contributed by atoms with Crippen molar-refractivity contribution in [1.29, 1.82) is 0 Å². The van der Waals surface area contributed by atoms with Gasteiger partial charge in [0.05, 0.1) is 16.8 Å². The fourth-order valence-corrected chi connectivity index (χ4v) is 3.54. The smallest absolute Gasteiger partial charge is 0.255 e. The lowest BCUT2D eigenvalue weighted by atomic mass is 10.1. The normalized spacial score (nSPS) is 17.6. The van der Waals surface area contributed by atoms with E-state index in [1.165, 1.54) is 0 Å². The van der Waals surface area contributed by atoms with Gasteiger partial charge in [-0.05, 0) is 25.5 Å². The van der Waals surface area contributed by atoms with Gasteiger partial charge in [0.15, 0.2) is 0 Å². The summed E-state index contributed by atoms with van der Waals surface area (Å²) in [5, 5.41) is 0.999. The number of aryl methyl sites for hydroxylation is 2. The first-order valence-electron chi connectivity index (χ1n) is 8.26. The van der Waals surface area contributed by atoms with Gasteiger partial charge in [-0.1, -0.05) is 18.2 Å². The third-order valence-electron chi connectivity index (χ3n) is 4.71. The van der Waals surface area contributed by atoms with Crippen LogP contribution in [0.1, 0.15) is 34.2 Å². The highest BCUT2D eigenvalue weighted by molar-refractivity contribution is 5.97. The van der Waals surface area contributed by atoms with Crippen LogP contribution >= 0.6 is 0 Å². The first-order chi connectivity index (χ1) is 11.6. The third kappa shape index (κ3) is 2.56. The van der Waals surface area contributed by atoms with Crippen LogP contribution < -0.4 is 0 Å². The zero-order chi connectivity index (χ0) is 16.7. The Kier molecular flexibility index (Phi) is 3.56. The molecule has 1 aromatic carbocycles. The van der Waals surface area contributed by atoms with E-state index in [9.17, 15) is 4.79 Å². The summed E-state index contributed by atoms with van der Waals surface area (Å²) in [6.07, 6.45) is 4.67. The number of likely N-dealkylation sites (tertiary alicyclic amines) is 1. The van der Waals surface area contributed by atoms with Crippen molar-refractivity contribution in [3.8, 4) is 0 Å². The van der Waals surface area contributed by atoms with Gasteiger partial charge in [0.2, 0.25) is 0 Å². The number of carbonyl (C=O) groups excluding carboxylic acids is 1. The molecule has 4 rings (SSSR count). The Balaban J connectivity index is 1.55. The van der Waals surface area contributed by atoms with Crippen molar-refractivity contribution in [2.45, 2.75) is 19.3 Å². The number of para-hydroxylation sites is 1. The second-order valence-corrected chi connectivity index (χ2v) is 6.50. The second kappa shape index (κ2) is 5.74. The molecule has 0 spiro atoms. The molecule has 122 valence electrons. The third-order valence-corrected chi connectivity index (χ3v) is 4.71. The molecule has 24 heavy (non-hydrogen) atoms. The monoisotopic (exact) mass is 320 g/mol. The Hall–Kier alpha value is -2.69. The van der Waals surface area contributed by atoms with Gasteiger partial charge in [-0.2, -0.15) is 0 Å². The van der Waals surface area contributed by atoms with Crippen LogP contribution in [0.15, 0.2) is 42.7 Å². The minimum Gasteiger partial charge on any atom is -0.338 e. The summed E-state index contributed by atoms with van der Waals surface area (Å²) in [5.41, 5.74) is 2.60. The molecule has 0 aliphatic carbocycles. The highest BCUT2D eigenvalue weighted by atomic mass is 16.2. The number of benzene rings is 1.